The zero-order valence-electron chi connectivity index (χ0n) is 17.0. The maximum Gasteiger partial charge on any atom is 0.263 e. The third-order valence-electron chi connectivity index (χ3n) is 4.82. The van der Waals surface area contributed by atoms with Crippen LogP contribution >= 0.6 is 11.6 Å². The molecule has 1 aliphatic heterocycles. The van der Waals surface area contributed by atoms with E-state index in [1.54, 1.807) is 13.0 Å². The van der Waals surface area contributed by atoms with Crippen molar-refractivity contribution in [1.82, 2.24) is 10.2 Å². The van der Waals surface area contributed by atoms with Crippen LogP contribution in [-0.4, -0.2) is 49.0 Å². The number of amidine groups is 1. The summed E-state index contributed by atoms with van der Waals surface area (Å²) in [5.41, 5.74) is 8.80. The van der Waals surface area contributed by atoms with Crippen LogP contribution in [0.3, 0.4) is 0 Å². The molecule has 1 atom stereocenters. The fourth-order valence-corrected chi connectivity index (χ4v) is 3.25. The highest BCUT2D eigenvalue weighted by Crippen LogP contribution is 2.14. The number of ether oxygens (including phenoxy) is 1. The molecule has 1 saturated heterocycles. The molecule has 8 heteroatoms. The summed E-state index contributed by atoms with van der Waals surface area (Å²) in [5, 5.41) is 7.34. The molecule has 0 spiro atoms. The Balaban J connectivity index is 1.52. The zero-order chi connectivity index (χ0) is 21.3. The van der Waals surface area contributed by atoms with Crippen molar-refractivity contribution in [2.24, 2.45) is 10.9 Å². The van der Waals surface area contributed by atoms with E-state index in [1.165, 1.54) is 0 Å². The topological polar surface area (TPSA) is 89.2 Å². The Labute approximate surface area is 181 Å². The largest absolute Gasteiger partial charge is 0.381 e. The van der Waals surface area contributed by atoms with Crippen LogP contribution in [0.4, 0.5) is 0 Å². The van der Waals surface area contributed by atoms with Crippen molar-refractivity contribution in [1.29, 1.82) is 0 Å². The van der Waals surface area contributed by atoms with Gasteiger partial charge in [-0.15, -0.1) is 0 Å². The maximum atomic E-state index is 12.2. The summed E-state index contributed by atoms with van der Waals surface area (Å²) in [4.78, 5) is 19.9. The van der Waals surface area contributed by atoms with Gasteiger partial charge in [0.2, 0.25) is 6.10 Å². The summed E-state index contributed by atoms with van der Waals surface area (Å²) in [6.07, 6.45) is -0.789. The molecule has 0 aliphatic carbocycles. The Hall–Kier alpha value is -2.61. The van der Waals surface area contributed by atoms with Gasteiger partial charge >= 0.3 is 0 Å². The van der Waals surface area contributed by atoms with E-state index >= 15 is 0 Å². The first-order valence-corrected chi connectivity index (χ1v) is 10.3. The van der Waals surface area contributed by atoms with Crippen LogP contribution in [0.25, 0.3) is 0 Å². The lowest BCUT2D eigenvalue weighted by atomic mass is 10.1. The number of oxime groups is 1. The summed E-state index contributed by atoms with van der Waals surface area (Å²) < 4.78 is 5.38. The van der Waals surface area contributed by atoms with Gasteiger partial charge in [-0.05, 0) is 30.2 Å². The van der Waals surface area contributed by atoms with Gasteiger partial charge in [-0.2, -0.15) is 0 Å². The molecule has 30 heavy (non-hydrogen) atoms. The monoisotopic (exact) mass is 430 g/mol. The molecular weight excluding hydrogens is 404 g/mol. The summed E-state index contributed by atoms with van der Waals surface area (Å²) in [6, 6.07) is 15.2. The second kappa shape index (κ2) is 11.0. The summed E-state index contributed by atoms with van der Waals surface area (Å²) in [7, 11) is 0. The summed E-state index contributed by atoms with van der Waals surface area (Å²) in [6.45, 7) is 6.10. The van der Waals surface area contributed by atoms with Gasteiger partial charge in [-0.25, -0.2) is 0 Å². The number of amides is 1. The van der Waals surface area contributed by atoms with Gasteiger partial charge < -0.3 is 20.6 Å². The van der Waals surface area contributed by atoms with Crippen LogP contribution in [-0.2, 0) is 27.5 Å². The van der Waals surface area contributed by atoms with Gasteiger partial charge in [-0.3, -0.25) is 9.69 Å². The molecule has 1 heterocycles. The molecule has 1 fully saturated rings. The number of morpholine rings is 1. The average molecular weight is 431 g/mol. The number of hydrogen-bond donors (Lipinski definition) is 2. The number of rotatable bonds is 8. The number of nitrogens with zero attached hydrogens (tertiary/aromatic N) is 2. The molecule has 7 nitrogen and oxygen atoms in total. The first-order valence-electron chi connectivity index (χ1n) is 9.93. The molecule has 1 amide bonds. The lowest BCUT2D eigenvalue weighted by Gasteiger charge is -2.26. The van der Waals surface area contributed by atoms with Gasteiger partial charge in [0.25, 0.3) is 5.91 Å². The van der Waals surface area contributed by atoms with E-state index < -0.39 is 6.10 Å². The van der Waals surface area contributed by atoms with Crippen molar-refractivity contribution in [3.8, 4) is 0 Å². The molecule has 2 aromatic rings. The lowest BCUT2D eigenvalue weighted by molar-refractivity contribution is -0.131. The number of nitrogens with one attached hydrogen (secondary N) is 1. The molecule has 0 aromatic heterocycles. The molecule has 1 aliphatic rings. The SMILES string of the molecule is CC(ON=C(N)c1cccc(CN2CCOCC2)c1)C(=O)NCc1ccccc1Cl. The first-order chi connectivity index (χ1) is 14.5. The Bertz CT molecular complexity index is 884. The molecule has 0 radical (unpaired) electrons. The maximum absolute atomic E-state index is 12.2. The highest BCUT2D eigenvalue weighted by molar-refractivity contribution is 6.31. The standard InChI is InChI=1S/C22H27ClN4O3/c1-16(22(28)25-14-19-6-2-3-8-20(19)23)30-26-21(24)18-7-4-5-17(13-18)15-27-9-11-29-12-10-27/h2-8,13,16H,9-12,14-15H2,1H3,(H2,24,26)(H,25,28). The molecule has 2 aromatic carbocycles. The number of hydrogen-bond acceptors (Lipinski definition) is 5. The van der Waals surface area contributed by atoms with E-state index in [9.17, 15) is 4.79 Å². The normalized spacial score (nSPS) is 16.1. The minimum atomic E-state index is -0.789. The van der Waals surface area contributed by atoms with Crippen LogP contribution in [0, 0.1) is 0 Å². The number of nitrogens with two attached hydrogens (primary N) is 1. The molecular formula is C22H27ClN4O3. The van der Waals surface area contributed by atoms with Gasteiger partial charge in [0, 0.05) is 36.8 Å². The number of halogens is 1. The van der Waals surface area contributed by atoms with E-state index in [0.717, 1.165) is 49.5 Å². The van der Waals surface area contributed by atoms with Crippen molar-refractivity contribution in [3.63, 3.8) is 0 Å². The average Bonchev–Trinajstić information content (AvgIpc) is 2.77. The minimum absolute atomic E-state index is 0.226. The van der Waals surface area contributed by atoms with E-state index in [4.69, 9.17) is 26.9 Å². The van der Waals surface area contributed by atoms with Crippen molar-refractivity contribution in [3.05, 3.63) is 70.2 Å². The van der Waals surface area contributed by atoms with Crippen molar-refractivity contribution < 1.29 is 14.4 Å². The van der Waals surface area contributed by atoms with Gasteiger partial charge in [0.15, 0.2) is 5.84 Å². The highest BCUT2D eigenvalue weighted by atomic mass is 35.5. The van der Waals surface area contributed by atoms with E-state index in [0.29, 0.717) is 11.6 Å². The molecule has 0 saturated carbocycles. The Morgan fingerprint density at radius 2 is 2.03 bits per heavy atom. The zero-order valence-corrected chi connectivity index (χ0v) is 17.8. The van der Waals surface area contributed by atoms with Crippen molar-refractivity contribution in [2.75, 3.05) is 26.3 Å². The Morgan fingerprint density at radius 1 is 1.27 bits per heavy atom. The van der Waals surface area contributed by atoms with Crippen LogP contribution in [0.5, 0.6) is 0 Å². The smallest absolute Gasteiger partial charge is 0.263 e. The molecule has 3 N–H and O–H groups in total. The Kier molecular flexibility index (Phi) is 8.07. The fourth-order valence-electron chi connectivity index (χ4n) is 3.05. The van der Waals surface area contributed by atoms with E-state index in [-0.39, 0.29) is 11.7 Å². The number of carbonyl (C=O) groups is 1. The molecule has 0 bridgehead atoms. The Morgan fingerprint density at radius 3 is 2.80 bits per heavy atom. The van der Waals surface area contributed by atoms with Gasteiger partial charge in [0.1, 0.15) is 0 Å². The molecule has 1 unspecified atom stereocenters. The van der Waals surface area contributed by atoms with E-state index in [2.05, 4.69) is 21.4 Å². The third-order valence-corrected chi connectivity index (χ3v) is 5.19. The predicted molar refractivity (Wildman–Crippen MR) is 117 cm³/mol. The van der Waals surface area contributed by atoms with Crippen LogP contribution in [0.2, 0.25) is 5.02 Å². The van der Waals surface area contributed by atoms with Gasteiger partial charge in [-0.1, -0.05) is 53.2 Å². The highest BCUT2D eigenvalue weighted by Gasteiger charge is 2.15. The van der Waals surface area contributed by atoms with Crippen molar-refractivity contribution >= 4 is 23.3 Å². The first kappa shape index (κ1) is 22.1. The molecule has 160 valence electrons. The summed E-state index contributed by atoms with van der Waals surface area (Å²) in [5.74, 6) is -0.0721. The number of benzene rings is 2. The fraction of sp³-hybridized carbons (Fsp3) is 0.364. The van der Waals surface area contributed by atoms with Crippen LogP contribution in [0.1, 0.15) is 23.6 Å². The van der Waals surface area contributed by atoms with Crippen LogP contribution in [0.15, 0.2) is 53.7 Å². The third kappa shape index (κ3) is 6.45. The minimum Gasteiger partial charge on any atom is -0.381 e. The van der Waals surface area contributed by atoms with Gasteiger partial charge in [0.05, 0.1) is 13.2 Å². The van der Waals surface area contributed by atoms with Crippen LogP contribution < -0.4 is 11.1 Å². The predicted octanol–water partition coefficient (Wildman–Crippen LogP) is 2.51. The summed E-state index contributed by atoms with van der Waals surface area (Å²) >= 11 is 6.10. The second-order valence-corrected chi connectivity index (χ2v) is 7.53. The number of carbonyl (C=O) groups excluding carboxylic acids is 1. The molecule has 3 rings (SSSR count). The van der Waals surface area contributed by atoms with Crippen molar-refractivity contribution in [2.45, 2.75) is 26.1 Å². The van der Waals surface area contributed by atoms with E-state index in [1.807, 2.05) is 36.4 Å². The quantitative estimate of drug-likeness (QED) is 0.381. The second-order valence-electron chi connectivity index (χ2n) is 7.12. The lowest BCUT2D eigenvalue weighted by Crippen LogP contribution is -2.35.